The van der Waals surface area contributed by atoms with Crippen molar-refractivity contribution in [2.24, 2.45) is 0 Å². The van der Waals surface area contributed by atoms with E-state index in [1.54, 1.807) is 31.9 Å². The molecule has 2 heterocycles. The Balaban J connectivity index is 2.11. The minimum Gasteiger partial charge on any atom is -0.353 e. The van der Waals surface area contributed by atoms with Gasteiger partial charge in [-0.15, -0.1) is 0 Å². The Bertz CT molecular complexity index is 597. The molecule has 1 aliphatic rings. The number of aryl methyl sites for hydroxylation is 1. The van der Waals surface area contributed by atoms with Crippen LogP contribution >= 0.6 is 0 Å². The van der Waals surface area contributed by atoms with Gasteiger partial charge in [-0.25, -0.2) is 9.97 Å². The summed E-state index contributed by atoms with van der Waals surface area (Å²) in [5.74, 6) is 1.38. The largest absolute Gasteiger partial charge is 0.353 e. The van der Waals surface area contributed by atoms with Gasteiger partial charge in [-0.3, -0.25) is 9.59 Å². The van der Waals surface area contributed by atoms with Crippen molar-refractivity contribution in [3.05, 3.63) is 17.6 Å². The summed E-state index contributed by atoms with van der Waals surface area (Å²) in [5.41, 5.74) is 0.435. The first kappa shape index (κ1) is 18.2. The van der Waals surface area contributed by atoms with Crippen LogP contribution in [-0.4, -0.2) is 71.4 Å². The van der Waals surface area contributed by atoms with Crippen LogP contribution < -0.4 is 4.90 Å². The maximum Gasteiger partial charge on any atom is 0.272 e. The lowest BCUT2D eigenvalue weighted by Gasteiger charge is -2.35. The summed E-state index contributed by atoms with van der Waals surface area (Å²) in [6.45, 7) is 9.02. The van der Waals surface area contributed by atoms with E-state index < -0.39 is 0 Å². The van der Waals surface area contributed by atoms with Crippen molar-refractivity contribution in [3.8, 4) is 0 Å². The van der Waals surface area contributed by atoms with Crippen molar-refractivity contribution in [2.45, 2.75) is 33.6 Å². The fraction of sp³-hybridized carbons (Fsp3) is 0.647. The number of unbranched alkanes of at least 4 members (excludes halogenated alkanes) is 1. The molecule has 0 aromatic carbocycles. The lowest BCUT2D eigenvalue weighted by Crippen LogP contribution is -2.48. The molecule has 0 atom stereocenters. The van der Waals surface area contributed by atoms with Gasteiger partial charge in [0.15, 0.2) is 0 Å². The Morgan fingerprint density at radius 3 is 2.46 bits per heavy atom. The maximum atomic E-state index is 12.5. The standard InChI is InChI=1S/C17H27N5O2/c1-5-6-7-20(4)17(24)15-12-16(19-13(2)18-15)22-10-8-21(9-11-22)14(3)23/h12H,5-11H2,1-4H3. The molecule has 0 saturated carbocycles. The average molecular weight is 333 g/mol. The number of hydrogen-bond donors (Lipinski definition) is 0. The number of rotatable bonds is 5. The van der Waals surface area contributed by atoms with E-state index >= 15 is 0 Å². The number of piperazine rings is 1. The molecule has 0 N–H and O–H groups in total. The van der Waals surface area contributed by atoms with E-state index in [-0.39, 0.29) is 11.8 Å². The zero-order valence-corrected chi connectivity index (χ0v) is 15.1. The number of aromatic nitrogens is 2. The van der Waals surface area contributed by atoms with Gasteiger partial charge in [-0.2, -0.15) is 0 Å². The molecule has 0 spiro atoms. The van der Waals surface area contributed by atoms with Gasteiger partial charge in [-0.1, -0.05) is 13.3 Å². The van der Waals surface area contributed by atoms with Gasteiger partial charge in [-0.05, 0) is 13.3 Å². The van der Waals surface area contributed by atoms with Crippen LogP contribution in [-0.2, 0) is 4.79 Å². The monoisotopic (exact) mass is 333 g/mol. The SMILES string of the molecule is CCCCN(C)C(=O)c1cc(N2CCN(C(C)=O)CC2)nc(C)n1. The van der Waals surface area contributed by atoms with Gasteiger partial charge in [0.05, 0.1) is 0 Å². The van der Waals surface area contributed by atoms with E-state index in [1.165, 1.54) is 0 Å². The van der Waals surface area contributed by atoms with Crippen molar-refractivity contribution in [1.29, 1.82) is 0 Å². The van der Waals surface area contributed by atoms with Crippen LogP contribution in [0.3, 0.4) is 0 Å². The van der Waals surface area contributed by atoms with Crippen LogP contribution in [0.2, 0.25) is 0 Å². The van der Waals surface area contributed by atoms with Crippen LogP contribution in [0, 0.1) is 6.92 Å². The summed E-state index contributed by atoms with van der Waals surface area (Å²) in [5, 5.41) is 0. The first-order valence-electron chi connectivity index (χ1n) is 8.54. The number of amides is 2. The number of hydrogen-bond acceptors (Lipinski definition) is 5. The lowest BCUT2D eigenvalue weighted by atomic mass is 10.2. The molecule has 0 bridgehead atoms. The third kappa shape index (κ3) is 4.43. The predicted molar refractivity (Wildman–Crippen MR) is 93.1 cm³/mol. The molecular formula is C17H27N5O2. The lowest BCUT2D eigenvalue weighted by molar-refractivity contribution is -0.129. The van der Waals surface area contributed by atoms with Gasteiger partial charge < -0.3 is 14.7 Å². The Kier molecular flexibility index (Phi) is 6.11. The first-order chi connectivity index (χ1) is 11.4. The highest BCUT2D eigenvalue weighted by atomic mass is 16.2. The second kappa shape index (κ2) is 8.08. The Labute approximate surface area is 143 Å². The Hall–Kier alpha value is -2.18. The topological polar surface area (TPSA) is 69.6 Å². The highest BCUT2D eigenvalue weighted by Crippen LogP contribution is 2.16. The average Bonchev–Trinajstić information content (AvgIpc) is 2.58. The molecule has 1 saturated heterocycles. The first-order valence-corrected chi connectivity index (χ1v) is 8.54. The van der Waals surface area contributed by atoms with Gasteiger partial charge in [0.25, 0.3) is 5.91 Å². The zero-order valence-electron chi connectivity index (χ0n) is 15.1. The smallest absolute Gasteiger partial charge is 0.272 e. The molecule has 7 heteroatoms. The zero-order chi connectivity index (χ0) is 17.7. The highest BCUT2D eigenvalue weighted by molar-refractivity contribution is 5.92. The molecule has 2 rings (SSSR count). The highest BCUT2D eigenvalue weighted by Gasteiger charge is 2.22. The van der Waals surface area contributed by atoms with Gasteiger partial charge in [0.1, 0.15) is 17.3 Å². The van der Waals surface area contributed by atoms with E-state index in [1.807, 2.05) is 4.90 Å². The summed E-state index contributed by atoms with van der Waals surface area (Å²) >= 11 is 0. The molecular weight excluding hydrogens is 306 g/mol. The number of carbonyl (C=O) groups excluding carboxylic acids is 2. The predicted octanol–water partition coefficient (Wildman–Crippen LogP) is 1.33. The number of anilines is 1. The second-order valence-electron chi connectivity index (χ2n) is 6.23. The molecule has 132 valence electrons. The van der Waals surface area contributed by atoms with Crippen molar-refractivity contribution >= 4 is 17.6 Å². The summed E-state index contributed by atoms with van der Waals surface area (Å²) < 4.78 is 0. The van der Waals surface area contributed by atoms with E-state index in [0.717, 1.165) is 38.3 Å². The summed E-state index contributed by atoms with van der Waals surface area (Å²) in [7, 11) is 1.81. The molecule has 0 aliphatic carbocycles. The molecule has 7 nitrogen and oxygen atoms in total. The molecule has 1 aromatic rings. The van der Waals surface area contributed by atoms with Crippen LogP contribution in [0.15, 0.2) is 6.07 Å². The third-order valence-corrected chi connectivity index (χ3v) is 4.29. The quantitative estimate of drug-likeness (QED) is 0.813. The normalized spacial score (nSPS) is 14.7. The Morgan fingerprint density at radius 1 is 1.21 bits per heavy atom. The van der Waals surface area contributed by atoms with E-state index in [0.29, 0.717) is 24.6 Å². The van der Waals surface area contributed by atoms with Crippen LogP contribution in [0.25, 0.3) is 0 Å². The molecule has 0 unspecified atom stereocenters. The molecule has 1 fully saturated rings. The molecule has 1 aliphatic heterocycles. The number of carbonyl (C=O) groups is 2. The van der Waals surface area contributed by atoms with Gasteiger partial charge in [0.2, 0.25) is 5.91 Å². The number of nitrogens with zero attached hydrogens (tertiary/aromatic N) is 5. The summed E-state index contributed by atoms with van der Waals surface area (Å²) in [4.78, 5) is 38.4. The summed E-state index contributed by atoms with van der Waals surface area (Å²) in [6, 6.07) is 1.77. The maximum absolute atomic E-state index is 12.5. The van der Waals surface area contributed by atoms with Gasteiger partial charge >= 0.3 is 0 Å². The van der Waals surface area contributed by atoms with Gasteiger partial charge in [0, 0.05) is 52.8 Å². The molecule has 0 radical (unpaired) electrons. The fourth-order valence-electron chi connectivity index (χ4n) is 2.77. The minimum atomic E-state index is -0.0717. The van der Waals surface area contributed by atoms with E-state index in [9.17, 15) is 9.59 Å². The van der Waals surface area contributed by atoms with Crippen LogP contribution in [0.5, 0.6) is 0 Å². The van der Waals surface area contributed by atoms with E-state index in [4.69, 9.17) is 0 Å². The second-order valence-corrected chi connectivity index (χ2v) is 6.23. The molecule has 24 heavy (non-hydrogen) atoms. The van der Waals surface area contributed by atoms with E-state index in [2.05, 4.69) is 21.8 Å². The van der Waals surface area contributed by atoms with Crippen LogP contribution in [0.4, 0.5) is 5.82 Å². The molecule has 1 aromatic heterocycles. The fourth-order valence-corrected chi connectivity index (χ4v) is 2.77. The van der Waals surface area contributed by atoms with Crippen molar-refractivity contribution in [3.63, 3.8) is 0 Å². The van der Waals surface area contributed by atoms with Crippen molar-refractivity contribution in [2.75, 3.05) is 44.7 Å². The van der Waals surface area contributed by atoms with Crippen LogP contribution in [0.1, 0.15) is 43.0 Å². The third-order valence-electron chi connectivity index (χ3n) is 4.29. The molecule has 2 amide bonds. The van der Waals surface area contributed by atoms with Crippen molar-refractivity contribution in [1.82, 2.24) is 19.8 Å². The summed E-state index contributed by atoms with van der Waals surface area (Å²) in [6.07, 6.45) is 2.03. The minimum absolute atomic E-state index is 0.0717. The van der Waals surface area contributed by atoms with Crippen molar-refractivity contribution < 1.29 is 9.59 Å². The Morgan fingerprint density at radius 2 is 1.88 bits per heavy atom.